The molecule has 27 heavy (non-hydrogen) atoms. The third-order valence-electron chi connectivity index (χ3n) is 5.46. The summed E-state index contributed by atoms with van der Waals surface area (Å²) in [6.07, 6.45) is 7.78. The maximum absolute atomic E-state index is 12.8. The normalized spacial score (nSPS) is 20.9. The third-order valence-corrected chi connectivity index (χ3v) is 5.69. The number of hydrogen-bond acceptors (Lipinski definition) is 3. The lowest BCUT2D eigenvalue weighted by atomic mass is 9.96. The molecule has 1 aliphatic heterocycles. The highest BCUT2D eigenvalue weighted by molar-refractivity contribution is 6.31. The molecule has 1 saturated heterocycles. The topological polar surface area (TPSA) is 67.2 Å². The van der Waals surface area contributed by atoms with Gasteiger partial charge in [0.25, 0.3) is 0 Å². The predicted molar refractivity (Wildman–Crippen MR) is 105 cm³/mol. The SMILES string of the molecule is O=C(Nc1ccnn1C1CCCCC1)[C@@H]1CC(=O)N(c2cccc(Cl)c2)C1. The van der Waals surface area contributed by atoms with Crippen molar-refractivity contribution < 1.29 is 9.59 Å². The van der Waals surface area contributed by atoms with Crippen molar-refractivity contribution >= 4 is 34.9 Å². The molecule has 0 radical (unpaired) electrons. The molecular weight excluding hydrogens is 364 g/mol. The van der Waals surface area contributed by atoms with Crippen molar-refractivity contribution in [1.29, 1.82) is 0 Å². The number of amides is 2. The second-order valence-corrected chi connectivity index (χ2v) is 7.76. The zero-order valence-electron chi connectivity index (χ0n) is 15.1. The van der Waals surface area contributed by atoms with E-state index in [9.17, 15) is 9.59 Å². The van der Waals surface area contributed by atoms with Gasteiger partial charge in [-0.1, -0.05) is 36.9 Å². The number of carbonyl (C=O) groups excluding carboxylic acids is 2. The number of nitrogens with one attached hydrogen (secondary N) is 1. The minimum atomic E-state index is -0.383. The lowest BCUT2D eigenvalue weighted by molar-refractivity contribution is -0.122. The Bertz CT molecular complexity index is 844. The van der Waals surface area contributed by atoms with E-state index in [-0.39, 0.29) is 24.2 Å². The predicted octanol–water partition coefficient (Wildman–Crippen LogP) is 4.03. The molecule has 0 spiro atoms. The highest BCUT2D eigenvalue weighted by Crippen LogP contribution is 2.31. The van der Waals surface area contributed by atoms with Gasteiger partial charge in [0.15, 0.2) is 0 Å². The van der Waals surface area contributed by atoms with Crippen LogP contribution in [-0.4, -0.2) is 28.1 Å². The van der Waals surface area contributed by atoms with Gasteiger partial charge in [0.1, 0.15) is 5.82 Å². The fourth-order valence-electron chi connectivity index (χ4n) is 4.03. The summed E-state index contributed by atoms with van der Waals surface area (Å²) in [5, 5.41) is 7.98. The van der Waals surface area contributed by atoms with Gasteiger partial charge >= 0.3 is 0 Å². The van der Waals surface area contributed by atoms with Gasteiger partial charge in [-0.3, -0.25) is 9.59 Å². The monoisotopic (exact) mass is 386 g/mol. The molecule has 1 aromatic heterocycles. The molecule has 0 unspecified atom stereocenters. The molecule has 7 heteroatoms. The summed E-state index contributed by atoms with van der Waals surface area (Å²) in [5.41, 5.74) is 0.732. The maximum Gasteiger partial charge on any atom is 0.230 e. The summed E-state index contributed by atoms with van der Waals surface area (Å²) in [6.45, 7) is 0.364. The van der Waals surface area contributed by atoms with E-state index in [2.05, 4.69) is 10.4 Å². The van der Waals surface area contributed by atoms with E-state index < -0.39 is 0 Å². The highest BCUT2D eigenvalue weighted by atomic mass is 35.5. The van der Waals surface area contributed by atoms with Crippen LogP contribution in [0.2, 0.25) is 5.02 Å². The van der Waals surface area contributed by atoms with Gasteiger partial charge in [0.2, 0.25) is 11.8 Å². The number of aromatic nitrogens is 2. The van der Waals surface area contributed by atoms with E-state index >= 15 is 0 Å². The van der Waals surface area contributed by atoms with E-state index in [4.69, 9.17) is 11.6 Å². The fourth-order valence-corrected chi connectivity index (χ4v) is 4.22. The van der Waals surface area contributed by atoms with Crippen molar-refractivity contribution in [2.45, 2.75) is 44.6 Å². The Morgan fingerprint density at radius 3 is 2.78 bits per heavy atom. The first-order valence-electron chi connectivity index (χ1n) is 9.52. The number of benzene rings is 1. The number of halogens is 1. The van der Waals surface area contributed by atoms with Crippen molar-refractivity contribution in [3.8, 4) is 0 Å². The van der Waals surface area contributed by atoms with Crippen molar-refractivity contribution in [3.63, 3.8) is 0 Å². The first-order valence-corrected chi connectivity index (χ1v) is 9.90. The van der Waals surface area contributed by atoms with Crippen LogP contribution in [0.1, 0.15) is 44.6 Å². The average Bonchev–Trinajstić information content (AvgIpc) is 3.29. The van der Waals surface area contributed by atoms with Crippen LogP contribution in [0.5, 0.6) is 0 Å². The summed E-state index contributed by atoms with van der Waals surface area (Å²) >= 11 is 6.03. The molecule has 1 N–H and O–H groups in total. The molecule has 142 valence electrons. The molecule has 1 aliphatic carbocycles. The zero-order valence-corrected chi connectivity index (χ0v) is 15.9. The molecular formula is C20H23ClN4O2. The molecule has 2 heterocycles. The Kier molecular flexibility index (Phi) is 5.16. The van der Waals surface area contributed by atoms with Crippen LogP contribution < -0.4 is 10.2 Å². The van der Waals surface area contributed by atoms with Crippen molar-refractivity contribution in [3.05, 3.63) is 41.6 Å². The Labute approximate surface area is 163 Å². The van der Waals surface area contributed by atoms with E-state index in [0.29, 0.717) is 17.6 Å². The molecule has 0 bridgehead atoms. The number of carbonyl (C=O) groups is 2. The van der Waals surface area contributed by atoms with Crippen LogP contribution in [0.4, 0.5) is 11.5 Å². The molecule has 2 fully saturated rings. The van der Waals surface area contributed by atoms with Gasteiger partial charge < -0.3 is 10.2 Å². The van der Waals surface area contributed by atoms with Gasteiger partial charge in [-0.2, -0.15) is 5.10 Å². The molecule has 2 aromatic rings. The minimum absolute atomic E-state index is 0.0572. The maximum atomic E-state index is 12.8. The molecule has 4 rings (SSSR count). The number of hydrogen-bond donors (Lipinski definition) is 1. The van der Waals surface area contributed by atoms with E-state index in [1.54, 1.807) is 29.3 Å². The summed E-state index contributed by atoms with van der Waals surface area (Å²) in [4.78, 5) is 26.8. The number of anilines is 2. The Balaban J connectivity index is 1.44. The second kappa shape index (κ2) is 7.72. The standard InChI is InChI=1S/C20H23ClN4O2/c21-15-5-4-8-17(12-15)24-13-14(11-19(24)26)20(27)23-18-9-10-22-25(18)16-6-2-1-3-7-16/h4-5,8-10,12,14,16H,1-3,6-7,11,13H2,(H,23,27)/t14-/m1/s1. The summed E-state index contributed by atoms with van der Waals surface area (Å²) in [7, 11) is 0. The summed E-state index contributed by atoms with van der Waals surface area (Å²) in [5.74, 6) is 0.149. The van der Waals surface area contributed by atoms with Gasteiger partial charge in [0, 0.05) is 29.7 Å². The van der Waals surface area contributed by atoms with Crippen LogP contribution in [0.25, 0.3) is 0 Å². The Hall–Kier alpha value is -2.34. The molecule has 2 aliphatic rings. The van der Waals surface area contributed by atoms with Gasteiger partial charge in [0.05, 0.1) is 18.2 Å². The van der Waals surface area contributed by atoms with Crippen LogP contribution in [0, 0.1) is 5.92 Å². The fraction of sp³-hybridized carbons (Fsp3) is 0.450. The molecule has 1 saturated carbocycles. The average molecular weight is 387 g/mol. The highest BCUT2D eigenvalue weighted by Gasteiger charge is 2.35. The Morgan fingerprint density at radius 2 is 2.00 bits per heavy atom. The first kappa shape index (κ1) is 18.0. The van der Waals surface area contributed by atoms with Crippen LogP contribution in [0.15, 0.2) is 36.5 Å². The second-order valence-electron chi connectivity index (χ2n) is 7.33. The van der Waals surface area contributed by atoms with E-state index in [0.717, 1.165) is 24.3 Å². The lowest BCUT2D eigenvalue weighted by Gasteiger charge is -2.24. The van der Waals surface area contributed by atoms with Crippen LogP contribution >= 0.6 is 11.6 Å². The molecule has 1 aromatic carbocycles. The van der Waals surface area contributed by atoms with Gasteiger partial charge in [-0.05, 0) is 31.0 Å². The van der Waals surface area contributed by atoms with Crippen molar-refractivity contribution in [2.24, 2.45) is 5.92 Å². The Morgan fingerprint density at radius 1 is 1.19 bits per heavy atom. The van der Waals surface area contributed by atoms with Crippen LogP contribution in [0.3, 0.4) is 0 Å². The van der Waals surface area contributed by atoms with Gasteiger partial charge in [-0.15, -0.1) is 0 Å². The lowest BCUT2D eigenvalue weighted by Crippen LogP contribution is -2.29. The van der Waals surface area contributed by atoms with Crippen molar-refractivity contribution in [2.75, 3.05) is 16.8 Å². The summed E-state index contributed by atoms with van der Waals surface area (Å²) < 4.78 is 1.93. The molecule has 1 atom stereocenters. The van der Waals surface area contributed by atoms with Gasteiger partial charge in [-0.25, -0.2) is 4.68 Å². The van der Waals surface area contributed by atoms with Crippen LogP contribution in [-0.2, 0) is 9.59 Å². The van der Waals surface area contributed by atoms with Crippen molar-refractivity contribution in [1.82, 2.24) is 9.78 Å². The van der Waals surface area contributed by atoms with E-state index in [1.807, 2.05) is 16.8 Å². The summed E-state index contributed by atoms with van der Waals surface area (Å²) in [6, 6.07) is 9.33. The number of rotatable bonds is 4. The quantitative estimate of drug-likeness (QED) is 0.862. The molecule has 2 amide bonds. The third kappa shape index (κ3) is 3.86. The largest absolute Gasteiger partial charge is 0.312 e. The first-order chi connectivity index (χ1) is 13.1. The van der Waals surface area contributed by atoms with E-state index in [1.165, 1.54) is 19.3 Å². The number of nitrogens with zero attached hydrogens (tertiary/aromatic N) is 3. The minimum Gasteiger partial charge on any atom is -0.312 e. The zero-order chi connectivity index (χ0) is 18.8. The molecule has 6 nitrogen and oxygen atoms in total. The smallest absolute Gasteiger partial charge is 0.230 e.